The molecule has 0 aliphatic carbocycles. The van der Waals surface area contributed by atoms with Crippen LogP contribution in [0.15, 0.2) is 24.3 Å². The summed E-state index contributed by atoms with van der Waals surface area (Å²) in [6.45, 7) is 7.01. The van der Waals surface area contributed by atoms with E-state index in [1.807, 2.05) is 12.1 Å². The summed E-state index contributed by atoms with van der Waals surface area (Å²) in [6, 6.07) is 7.29. The highest BCUT2D eigenvalue weighted by atomic mass is 16.5. The van der Waals surface area contributed by atoms with Gasteiger partial charge in [0.1, 0.15) is 5.69 Å². The Balaban J connectivity index is 2.04. The Labute approximate surface area is 158 Å². The summed E-state index contributed by atoms with van der Waals surface area (Å²) < 4.78 is 10.1. The molecule has 1 aromatic carbocycles. The number of ether oxygens (including phenoxy) is 2. The first-order valence-electron chi connectivity index (χ1n) is 9.04. The highest BCUT2D eigenvalue weighted by Gasteiger charge is 2.24. The topological polar surface area (TPSA) is 85.5 Å². The van der Waals surface area contributed by atoms with Crippen molar-refractivity contribution in [3.8, 4) is 0 Å². The monoisotopic (exact) mass is 371 g/mol. The van der Waals surface area contributed by atoms with Gasteiger partial charge in [-0.2, -0.15) is 0 Å². The van der Waals surface area contributed by atoms with Crippen LogP contribution >= 0.6 is 0 Å². The van der Waals surface area contributed by atoms with Crippen molar-refractivity contribution in [1.29, 1.82) is 0 Å². The van der Waals surface area contributed by atoms with Crippen LogP contribution in [0.1, 0.15) is 68.3 Å². The summed E-state index contributed by atoms with van der Waals surface area (Å²) in [5, 5.41) is 0. The summed E-state index contributed by atoms with van der Waals surface area (Å²) in [5.74, 6) is -1.45. The highest BCUT2D eigenvalue weighted by Crippen LogP contribution is 2.20. The minimum atomic E-state index is -0.679. The summed E-state index contributed by atoms with van der Waals surface area (Å²) in [4.78, 5) is 39.4. The molecule has 0 aliphatic rings. The smallest absolute Gasteiger partial charge is 0.355 e. The molecule has 0 saturated heterocycles. The molecule has 6 heteroatoms. The molecule has 6 nitrogen and oxygen atoms in total. The largest absolute Gasteiger partial charge is 0.462 e. The van der Waals surface area contributed by atoms with Gasteiger partial charge in [-0.3, -0.25) is 4.79 Å². The molecule has 2 aromatic rings. The van der Waals surface area contributed by atoms with E-state index in [0.717, 1.165) is 18.4 Å². The molecule has 27 heavy (non-hydrogen) atoms. The molecular formula is C21H25NO5. The van der Waals surface area contributed by atoms with Gasteiger partial charge in [-0.1, -0.05) is 37.6 Å². The fraction of sp³-hybridized carbons (Fsp3) is 0.381. The Morgan fingerprint density at radius 2 is 1.63 bits per heavy atom. The van der Waals surface area contributed by atoms with Gasteiger partial charge < -0.3 is 14.5 Å². The van der Waals surface area contributed by atoms with Crippen LogP contribution in [0.25, 0.3) is 0 Å². The molecule has 1 heterocycles. The first-order valence-corrected chi connectivity index (χ1v) is 9.04. The van der Waals surface area contributed by atoms with Gasteiger partial charge in [0.2, 0.25) is 0 Å². The number of rotatable bonds is 8. The SMILES string of the molecule is CCCc1ccc(C(=O)COC(=O)c2[nH]c(C)c(C(=O)OCC)c2C)cc1. The average molecular weight is 371 g/mol. The third-order valence-electron chi connectivity index (χ3n) is 4.27. The molecule has 2 rings (SSSR count). The Bertz CT molecular complexity index is 833. The van der Waals surface area contributed by atoms with Crippen molar-refractivity contribution in [2.75, 3.05) is 13.2 Å². The third kappa shape index (κ3) is 4.84. The van der Waals surface area contributed by atoms with Crippen molar-refractivity contribution in [1.82, 2.24) is 4.98 Å². The van der Waals surface area contributed by atoms with E-state index in [0.29, 0.717) is 22.4 Å². The number of aromatic amines is 1. The summed E-state index contributed by atoms with van der Waals surface area (Å²) in [7, 11) is 0. The number of Topliss-reactive ketones (excluding diaryl/α,β-unsaturated/α-hetero) is 1. The average Bonchev–Trinajstić information content (AvgIpc) is 2.95. The Kier molecular flexibility index (Phi) is 6.93. The lowest BCUT2D eigenvalue weighted by molar-refractivity contribution is 0.0468. The molecule has 0 unspecified atom stereocenters. The van der Waals surface area contributed by atoms with E-state index in [1.54, 1.807) is 32.9 Å². The van der Waals surface area contributed by atoms with Crippen molar-refractivity contribution in [3.63, 3.8) is 0 Å². The minimum absolute atomic E-state index is 0.154. The maximum absolute atomic E-state index is 12.3. The quantitative estimate of drug-likeness (QED) is 0.563. The van der Waals surface area contributed by atoms with E-state index in [-0.39, 0.29) is 24.7 Å². The number of H-pyrrole nitrogens is 1. The van der Waals surface area contributed by atoms with Gasteiger partial charge >= 0.3 is 11.9 Å². The van der Waals surface area contributed by atoms with Crippen LogP contribution in [0.5, 0.6) is 0 Å². The van der Waals surface area contributed by atoms with Crippen molar-refractivity contribution >= 4 is 17.7 Å². The number of carbonyl (C=O) groups is 3. The molecule has 0 radical (unpaired) electrons. The maximum atomic E-state index is 12.3. The summed E-state index contributed by atoms with van der Waals surface area (Å²) in [5.41, 5.74) is 3.11. The van der Waals surface area contributed by atoms with Crippen LogP contribution in [-0.4, -0.2) is 35.9 Å². The van der Waals surface area contributed by atoms with Crippen LogP contribution in [-0.2, 0) is 15.9 Å². The fourth-order valence-corrected chi connectivity index (χ4v) is 2.90. The predicted molar refractivity (Wildman–Crippen MR) is 101 cm³/mol. The normalized spacial score (nSPS) is 10.5. The van der Waals surface area contributed by atoms with Gasteiger partial charge in [0.05, 0.1) is 12.2 Å². The first-order chi connectivity index (χ1) is 12.9. The van der Waals surface area contributed by atoms with E-state index >= 15 is 0 Å². The molecule has 1 N–H and O–H groups in total. The van der Waals surface area contributed by atoms with Crippen molar-refractivity contribution in [3.05, 3.63) is 57.9 Å². The number of aromatic nitrogens is 1. The lowest BCUT2D eigenvalue weighted by Crippen LogP contribution is -2.15. The van der Waals surface area contributed by atoms with Crippen molar-refractivity contribution in [2.45, 2.75) is 40.5 Å². The number of aryl methyl sites for hydroxylation is 2. The zero-order valence-corrected chi connectivity index (χ0v) is 16.2. The van der Waals surface area contributed by atoms with Crippen molar-refractivity contribution in [2.24, 2.45) is 0 Å². The molecule has 1 aromatic heterocycles. The van der Waals surface area contributed by atoms with Gasteiger partial charge in [-0.25, -0.2) is 9.59 Å². The molecular weight excluding hydrogens is 346 g/mol. The Morgan fingerprint density at radius 1 is 0.963 bits per heavy atom. The maximum Gasteiger partial charge on any atom is 0.355 e. The number of nitrogens with one attached hydrogen (secondary N) is 1. The van der Waals surface area contributed by atoms with E-state index < -0.39 is 11.9 Å². The van der Waals surface area contributed by atoms with Crippen LogP contribution < -0.4 is 0 Å². The molecule has 0 aliphatic heterocycles. The fourth-order valence-electron chi connectivity index (χ4n) is 2.90. The zero-order valence-electron chi connectivity index (χ0n) is 16.2. The van der Waals surface area contributed by atoms with E-state index in [2.05, 4.69) is 11.9 Å². The van der Waals surface area contributed by atoms with Crippen LogP contribution in [0, 0.1) is 13.8 Å². The lowest BCUT2D eigenvalue weighted by Gasteiger charge is -2.06. The first kappa shape index (κ1) is 20.4. The second kappa shape index (κ2) is 9.16. The molecule has 0 amide bonds. The van der Waals surface area contributed by atoms with Gasteiger partial charge in [-0.15, -0.1) is 0 Å². The van der Waals surface area contributed by atoms with Crippen LogP contribution in [0.4, 0.5) is 0 Å². The Hall–Kier alpha value is -2.89. The van der Waals surface area contributed by atoms with E-state index in [1.165, 1.54) is 0 Å². The minimum Gasteiger partial charge on any atom is -0.462 e. The highest BCUT2D eigenvalue weighted by molar-refractivity contribution is 6.01. The van der Waals surface area contributed by atoms with E-state index in [9.17, 15) is 14.4 Å². The van der Waals surface area contributed by atoms with Gasteiger partial charge in [0, 0.05) is 11.3 Å². The number of benzene rings is 1. The molecule has 0 bridgehead atoms. The van der Waals surface area contributed by atoms with Crippen LogP contribution in [0.2, 0.25) is 0 Å². The molecule has 0 saturated carbocycles. The molecule has 0 atom stereocenters. The van der Waals surface area contributed by atoms with Gasteiger partial charge in [0.25, 0.3) is 0 Å². The number of carbonyl (C=O) groups excluding carboxylic acids is 3. The third-order valence-corrected chi connectivity index (χ3v) is 4.27. The second-order valence-corrected chi connectivity index (χ2v) is 6.29. The number of esters is 2. The van der Waals surface area contributed by atoms with Gasteiger partial charge in [0.15, 0.2) is 12.4 Å². The van der Waals surface area contributed by atoms with E-state index in [4.69, 9.17) is 9.47 Å². The standard InChI is InChI=1S/C21H25NO5/c1-5-7-15-8-10-16(11-9-15)17(23)12-27-21(25)19-13(3)18(14(4)22-19)20(24)26-6-2/h8-11,22H,5-7,12H2,1-4H3. The second-order valence-electron chi connectivity index (χ2n) is 6.29. The zero-order chi connectivity index (χ0) is 20.0. The molecule has 0 fully saturated rings. The lowest BCUT2D eigenvalue weighted by atomic mass is 10.1. The summed E-state index contributed by atoms with van der Waals surface area (Å²) in [6.07, 6.45) is 1.99. The number of hydrogen-bond acceptors (Lipinski definition) is 5. The Morgan fingerprint density at radius 3 is 2.22 bits per heavy atom. The molecule has 144 valence electrons. The van der Waals surface area contributed by atoms with Gasteiger partial charge in [-0.05, 0) is 38.3 Å². The number of hydrogen-bond donors (Lipinski definition) is 1. The number of ketones is 1. The predicted octanol–water partition coefficient (Wildman–Crippen LogP) is 3.80. The summed E-state index contributed by atoms with van der Waals surface area (Å²) >= 11 is 0. The molecule has 0 spiro atoms. The van der Waals surface area contributed by atoms with Crippen molar-refractivity contribution < 1.29 is 23.9 Å². The van der Waals surface area contributed by atoms with Crippen LogP contribution in [0.3, 0.4) is 0 Å².